The van der Waals surface area contributed by atoms with Gasteiger partial charge in [0.1, 0.15) is 5.75 Å². The second-order valence-electron chi connectivity index (χ2n) is 6.32. The van der Waals surface area contributed by atoms with Crippen LogP contribution in [0.25, 0.3) is 0 Å². The Bertz CT molecular complexity index is 726. The summed E-state index contributed by atoms with van der Waals surface area (Å²) in [5, 5.41) is 3.80. The average molecular weight is 370 g/mol. The summed E-state index contributed by atoms with van der Waals surface area (Å²) in [4.78, 5) is 0. The number of methoxy groups -OCH3 is 1. The van der Waals surface area contributed by atoms with Crippen LogP contribution in [0.15, 0.2) is 42.5 Å². The number of halogens is 4. The van der Waals surface area contributed by atoms with Gasteiger partial charge in [0, 0.05) is 16.8 Å². The minimum atomic E-state index is -4.36. The van der Waals surface area contributed by atoms with Crippen molar-refractivity contribution in [3.05, 3.63) is 58.6 Å². The predicted octanol–water partition coefficient (Wildman–Crippen LogP) is 5.80. The second kappa shape index (κ2) is 7.16. The van der Waals surface area contributed by atoms with Gasteiger partial charge >= 0.3 is 6.18 Å². The molecule has 3 rings (SSSR count). The first-order valence-electron chi connectivity index (χ1n) is 8.13. The molecule has 2 aromatic carbocycles. The molecule has 2 nitrogen and oxygen atoms in total. The Morgan fingerprint density at radius 1 is 1.16 bits per heavy atom. The van der Waals surface area contributed by atoms with Crippen molar-refractivity contribution in [3.63, 3.8) is 0 Å². The van der Waals surface area contributed by atoms with Crippen LogP contribution in [0.2, 0.25) is 5.02 Å². The Morgan fingerprint density at radius 2 is 1.84 bits per heavy atom. The van der Waals surface area contributed by atoms with Gasteiger partial charge in [-0.25, -0.2) is 0 Å². The molecule has 1 unspecified atom stereocenters. The highest BCUT2D eigenvalue weighted by molar-refractivity contribution is 6.31. The quantitative estimate of drug-likeness (QED) is 0.694. The van der Waals surface area contributed by atoms with Crippen LogP contribution in [0.4, 0.5) is 18.9 Å². The smallest absolute Gasteiger partial charge is 0.416 e. The fourth-order valence-corrected chi connectivity index (χ4v) is 3.07. The summed E-state index contributed by atoms with van der Waals surface area (Å²) in [7, 11) is 1.60. The summed E-state index contributed by atoms with van der Waals surface area (Å²) in [6.07, 6.45) is -1.76. The van der Waals surface area contributed by atoms with Crippen molar-refractivity contribution in [2.45, 2.75) is 31.5 Å². The van der Waals surface area contributed by atoms with Crippen molar-refractivity contribution in [2.24, 2.45) is 5.92 Å². The summed E-state index contributed by atoms with van der Waals surface area (Å²) in [5.41, 5.74) is 0.779. The van der Waals surface area contributed by atoms with E-state index < -0.39 is 11.7 Å². The third-order valence-corrected chi connectivity index (χ3v) is 4.81. The molecule has 1 atom stereocenters. The zero-order valence-corrected chi connectivity index (χ0v) is 14.5. The minimum Gasteiger partial charge on any atom is -0.497 e. The first-order valence-corrected chi connectivity index (χ1v) is 8.51. The number of hydrogen-bond acceptors (Lipinski definition) is 2. The lowest BCUT2D eigenvalue weighted by Gasteiger charge is -2.21. The molecule has 1 aliphatic carbocycles. The van der Waals surface area contributed by atoms with Crippen LogP contribution in [0, 0.1) is 5.92 Å². The van der Waals surface area contributed by atoms with Crippen molar-refractivity contribution in [2.75, 3.05) is 12.4 Å². The summed E-state index contributed by atoms with van der Waals surface area (Å²) >= 11 is 6.15. The molecular formula is C19H19ClF3NO. The van der Waals surface area contributed by atoms with Crippen molar-refractivity contribution >= 4 is 17.3 Å². The average Bonchev–Trinajstić information content (AvgIpc) is 3.40. The molecule has 1 fully saturated rings. The van der Waals surface area contributed by atoms with E-state index >= 15 is 0 Å². The number of nitrogens with one attached hydrogen (secondary N) is 1. The maximum absolute atomic E-state index is 13.0. The topological polar surface area (TPSA) is 21.3 Å². The molecule has 25 heavy (non-hydrogen) atoms. The molecule has 0 aliphatic heterocycles. The fourth-order valence-electron chi connectivity index (χ4n) is 2.88. The Balaban J connectivity index is 1.78. The highest BCUT2D eigenvalue weighted by atomic mass is 35.5. The summed E-state index contributed by atoms with van der Waals surface area (Å²) in [6, 6.07) is 11.1. The van der Waals surface area contributed by atoms with Crippen LogP contribution in [0.1, 0.15) is 24.0 Å². The second-order valence-corrected chi connectivity index (χ2v) is 6.73. The summed E-state index contributed by atoms with van der Waals surface area (Å²) in [5.74, 6) is 1.21. The van der Waals surface area contributed by atoms with Gasteiger partial charge in [-0.2, -0.15) is 13.2 Å². The van der Waals surface area contributed by atoms with Gasteiger partial charge in [0.15, 0.2) is 0 Å². The van der Waals surface area contributed by atoms with Crippen LogP contribution in [-0.2, 0) is 12.6 Å². The molecule has 2 aromatic rings. The molecule has 134 valence electrons. The van der Waals surface area contributed by atoms with E-state index in [1.54, 1.807) is 7.11 Å². The Hall–Kier alpha value is -1.88. The number of ether oxygens (including phenoxy) is 1. The molecule has 1 N–H and O–H groups in total. The van der Waals surface area contributed by atoms with Crippen molar-refractivity contribution in [1.82, 2.24) is 0 Å². The van der Waals surface area contributed by atoms with Crippen molar-refractivity contribution in [3.8, 4) is 5.75 Å². The highest BCUT2D eigenvalue weighted by Gasteiger charge is 2.34. The van der Waals surface area contributed by atoms with Gasteiger partial charge in [0.05, 0.1) is 12.7 Å². The maximum atomic E-state index is 13.0. The van der Waals surface area contributed by atoms with E-state index in [9.17, 15) is 13.2 Å². The molecule has 0 aromatic heterocycles. The molecule has 0 heterocycles. The van der Waals surface area contributed by atoms with Gasteiger partial charge in [-0.3, -0.25) is 0 Å². The Morgan fingerprint density at radius 3 is 2.40 bits per heavy atom. The van der Waals surface area contributed by atoms with Gasteiger partial charge in [-0.05, 0) is 73.2 Å². The fraction of sp³-hybridized carbons (Fsp3) is 0.368. The zero-order chi connectivity index (χ0) is 18.0. The highest BCUT2D eigenvalue weighted by Crippen LogP contribution is 2.38. The van der Waals surface area contributed by atoms with E-state index in [4.69, 9.17) is 16.3 Å². The normalized spacial score (nSPS) is 15.7. The molecule has 1 saturated carbocycles. The molecule has 0 radical (unpaired) electrons. The number of anilines is 1. The third-order valence-electron chi connectivity index (χ3n) is 4.45. The van der Waals surface area contributed by atoms with E-state index in [2.05, 4.69) is 5.32 Å². The monoisotopic (exact) mass is 369 g/mol. The van der Waals surface area contributed by atoms with Crippen LogP contribution in [-0.4, -0.2) is 13.2 Å². The molecule has 1 aliphatic rings. The van der Waals surface area contributed by atoms with Gasteiger partial charge in [0.25, 0.3) is 0 Å². The molecule has 0 saturated heterocycles. The van der Waals surface area contributed by atoms with Crippen LogP contribution >= 0.6 is 11.6 Å². The lowest BCUT2D eigenvalue weighted by atomic mass is 9.99. The number of rotatable bonds is 6. The van der Waals surface area contributed by atoms with E-state index in [1.807, 2.05) is 24.3 Å². The third kappa shape index (κ3) is 4.60. The number of hydrogen-bond donors (Lipinski definition) is 1. The van der Waals surface area contributed by atoms with Crippen molar-refractivity contribution in [1.29, 1.82) is 0 Å². The standard InChI is InChI=1S/C19H19ClF3NO/c1-25-16-7-5-15(6-8-16)24-18(12-2-3-12)11-13-10-14(19(21,22)23)4-9-17(13)20/h4-10,12,18,24H,2-3,11H2,1H3. The Kier molecular flexibility index (Phi) is 5.13. The van der Waals surface area contributed by atoms with Crippen molar-refractivity contribution < 1.29 is 17.9 Å². The predicted molar refractivity (Wildman–Crippen MR) is 93.3 cm³/mol. The minimum absolute atomic E-state index is 0.0504. The lowest BCUT2D eigenvalue weighted by Crippen LogP contribution is -2.25. The molecular weight excluding hydrogens is 351 g/mol. The van der Waals surface area contributed by atoms with Gasteiger partial charge in [-0.1, -0.05) is 11.6 Å². The summed E-state index contributed by atoms with van der Waals surface area (Å²) < 4.78 is 44.0. The van der Waals surface area contributed by atoms with E-state index in [0.717, 1.165) is 36.4 Å². The van der Waals surface area contributed by atoms with E-state index in [0.29, 0.717) is 22.9 Å². The van der Waals surface area contributed by atoms with Crippen LogP contribution < -0.4 is 10.1 Å². The first-order chi connectivity index (χ1) is 11.9. The molecule has 0 bridgehead atoms. The lowest BCUT2D eigenvalue weighted by molar-refractivity contribution is -0.137. The van der Waals surface area contributed by atoms with E-state index in [-0.39, 0.29) is 6.04 Å². The van der Waals surface area contributed by atoms with Crippen LogP contribution in [0.5, 0.6) is 5.75 Å². The maximum Gasteiger partial charge on any atom is 0.416 e. The largest absolute Gasteiger partial charge is 0.497 e. The summed E-state index contributed by atoms with van der Waals surface area (Å²) in [6.45, 7) is 0. The Labute approximate surface area is 150 Å². The molecule has 0 amide bonds. The van der Waals surface area contributed by atoms with E-state index in [1.165, 1.54) is 6.07 Å². The van der Waals surface area contributed by atoms with Crippen LogP contribution in [0.3, 0.4) is 0 Å². The van der Waals surface area contributed by atoms with Gasteiger partial charge < -0.3 is 10.1 Å². The number of alkyl halides is 3. The zero-order valence-electron chi connectivity index (χ0n) is 13.7. The molecule has 0 spiro atoms. The SMILES string of the molecule is COc1ccc(NC(Cc2cc(C(F)(F)F)ccc2Cl)C2CC2)cc1. The first kappa shape index (κ1) is 17.9. The van der Waals surface area contributed by atoms with Gasteiger partial charge in [-0.15, -0.1) is 0 Å². The molecule has 6 heteroatoms. The number of benzene rings is 2. The van der Waals surface area contributed by atoms with Gasteiger partial charge in [0.2, 0.25) is 0 Å².